The summed E-state index contributed by atoms with van der Waals surface area (Å²) in [7, 11) is -6.35. The van der Waals surface area contributed by atoms with Crippen LogP contribution in [0.15, 0.2) is 29.2 Å². The summed E-state index contributed by atoms with van der Waals surface area (Å²) in [6, 6.07) is 3.04. The van der Waals surface area contributed by atoms with Gasteiger partial charge in [0.2, 0.25) is 20.0 Å². The van der Waals surface area contributed by atoms with E-state index >= 15 is 0 Å². The molecule has 1 aliphatic rings. The van der Waals surface area contributed by atoms with E-state index in [0.717, 1.165) is 14.9 Å². The van der Waals surface area contributed by atoms with Crippen LogP contribution in [0.4, 0.5) is 0 Å². The number of nitrogens with zero attached hydrogens (tertiary/aromatic N) is 2. The van der Waals surface area contributed by atoms with Crippen molar-refractivity contribution in [3.8, 4) is 17.6 Å². The number of amides is 1. The number of hydrogen-bond acceptors (Lipinski definition) is 8. The van der Waals surface area contributed by atoms with Crippen molar-refractivity contribution in [1.29, 1.82) is 0 Å². The van der Waals surface area contributed by atoms with Gasteiger partial charge in [-0.05, 0) is 31.2 Å². The highest BCUT2D eigenvalue weighted by atomic mass is 32.2. The van der Waals surface area contributed by atoms with Crippen LogP contribution in [0.5, 0.6) is 5.75 Å². The van der Waals surface area contributed by atoms with Gasteiger partial charge in [0.15, 0.2) is 0 Å². The molecule has 0 saturated carbocycles. The van der Waals surface area contributed by atoms with Gasteiger partial charge < -0.3 is 9.47 Å². The molecule has 11 nitrogen and oxygen atoms in total. The Kier molecular flexibility index (Phi) is 8.41. The number of sulfonamides is 2. The number of rotatable bonds is 7. The number of carbonyl (C=O) groups excluding carboxylic acids is 1. The van der Waals surface area contributed by atoms with Crippen LogP contribution in [0.2, 0.25) is 0 Å². The van der Waals surface area contributed by atoms with E-state index in [9.17, 15) is 21.6 Å². The second-order valence-electron chi connectivity index (χ2n) is 6.70. The van der Waals surface area contributed by atoms with Gasteiger partial charge in [-0.3, -0.25) is 10.0 Å². The predicted molar refractivity (Wildman–Crippen MR) is 110 cm³/mol. The Bertz CT molecular complexity index is 1050. The highest BCUT2D eigenvalue weighted by molar-refractivity contribution is 7.89. The molecule has 0 spiro atoms. The second-order valence-corrected chi connectivity index (χ2v) is 10.5. The van der Waals surface area contributed by atoms with E-state index in [1.54, 1.807) is 0 Å². The molecule has 0 radical (unpaired) electrons. The van der Waals surface area contributed by atoms with Gasteiger partial charge >= 0.3 is 0 Å². The Morgan fingerprint density at radius 1 is 1.13 bits per heavy atom. The fourth-order valence-electron chi connectivity index (χ4n) is 3.23. The van der Waals surface area contributed by atoms with E-state index < -0.39 is 38.0 Å². The number of methoxy groups -OCH3 is 1. The third kappa shape index (κ3) is 5.94. The monoisotopic (exact) mass is 475 g/mol. The number of ether oxygens (including phenoxy) is 2. The Morgan fingerprint density at radius 3 is 2.26 bits per heavy atom. The summed E-state index contributed by atoms with van der Waals surface area (Å²) in [4.78, 5) is 12.1. The minimum Gasteiger partial charge on any atom is -0.481 e. The first-order valence-corrected chi connectivity index (χ1v) is 12.4. The molecule has 13 heteroatoms. The van der Waals surface area contributed by atoms with Gasteiger partial charge in [-0.1, -0.05) is 11.8 Å². The molecule has 1 fully saturated rings. The van der Waals surface area contributed by atoms with Crippen molar-refractivity contribution in [2.24, 2.45) is 0 Å². The van der Waals surface area contributed by atoms with Crippen LogP contribution in [0.3, 0.4) is 0 Å². The Hall–Kier alpha value is -2.21. The zero-order valence-corrected chi connectivity index (χ0v) is 18.9. The first kappa shape index (κ1) is 25.1. The zero-order chi connectivity index (χ0) is 23.2. The molecule has 1 aromatic carbocycles. The number of carbonyl (C=O) groups is 1. The van der Waals surface area contributed by atoms with E-state index in [2.05, 4.69) is 11.8 Å². The molecule has 0 aromatic heterocycles. The normalized spacial score (nSPS) is 20.5. The van der Waals surface area contributed by atoms with Gasteiger partial charge in [0.25, 0.3) is 5.91 Å². The van der Waals surface area contributed by atoms with Crippen LogP contribution < -0.4 is 10.2 Å². The fourth-order valence-corrected chi connectivity index (χ4v) is 6.00. The van der Waals surface area contributed by atoms with Gasteiger partial charge in [0.1, 0.15) is 25.0 Å². The van der Waals surface area contributed by atoms with Crippen molar-refractivity contribution < 1.29 is 36.3 Å². The zero-order valence-electron chi connectivity index (χ0n) is 17.3. The van der Waals surface area contributed by atoms with Crippen LogP contribution in [-0.2, 0) is 29.6 Å². The number of benzene rings is 1. The third-order valence-electron chi connectivity index (χ3n) is 4.65. The molecule has 172 valence electrons. The largest absolute Gasteiger partial charge is 0.481 e. The van der Waals surface area contributed by atoms with Crippen LogP contribution in [0, 0.1) is 11.8 Å². The molecule has 1 aliphatic heterocycles. The molecule has 2 N–H and O–H groups in total. The summed E-state index contributed by atoms with van der Waals surface area (Å²) in [5, 5.41) is 9.10. The highest BCUT2D eigenvalue weighted by Crippen LogP contribution is 2.27. The lowest BCUT2D eigenvalue weighted by Gasteiger charge is -2.42. The lowest BCUT2D eigenvalue weighted by atomic mass is 10.1. The Labute approximate surface area is 182 Å². The summed E-state index contributed by atoms with van der Waals surface area (Å²) >= 11 is 0. The molecule has 1 amide bonds. The van der Waals surface area contributed by atoms with Crippen molar-refractivity contribution in [3.63, 3.8) is 0 Å². The molecule has 1 aromatic rings. The summed E-state index contributed by atoms with van der Waals surface area (Å²) in [5.41, 5.74) is 1.43. The number of hydroxylamine groups is 1. The maximum absolute atomic E-state index is 13.2. The molecular weight excluding hydrogens is 450 g/mol. The van der Waals surface area contributed by atoms with Gasteiger partial charge in [0.05, 0.1) is 11.2 Å². The quantitative estimate of drug-likeness (QED) is 0.298. The summed E-state index contributed by atoms with van der Waals surface area (Å²) in [6.07, 6.45) is 0.972. The van der Waals surface area contributed by atoms with Gasteiger partial charge in [-0.2, -0.15) is 8.61 Å². The van der Waals surface area contributed by atoms with E-state index in [1.807, 2.05) is 0 Å². The number of hydrogen-bond donors (Lipinski definition) is 2. The molecule has 0 bridgehead atoms. The van der Waals surface area contributed by atoms with E-state index in [4.69, 9.17) is 14.7 Å². The van der Waals surface area contributed by atoms with Crippen molar-refractivity contribution in [2.75, 3.05) is 39.7 Å². The molecule has 1 heterocycles. The third-order valence-corrected chi connectivity index (χ3v) is 7.91. The van der Waals surface area contributed by atoms with Crippen LogP contribution in [0.25, 0.3) is 0 Å². The minimum atomic E-state index is -4.18. The molecule has 2 rings (SSSR count). The standard InChI is InChI=1S/C18H25N3O8S2/c1-14-17(18(22)19-23)21(11-10-20(14)30(3,24)25)31(26,27)16-8-6-15(7-9-16)29-13-5-4-12-28-2/h6-9,14,17,23H,10-13H2,1-3H3,(H,19,22). The Morgan fingerprint density at radius 2 is 1.71 bits per heavy atom. The molecule has 31 heavy (non-hydrogen) atoms. The average molecular weight is 476 g/mol. The molecular formula is C18H25N3O8S2. The van der Waals surface area contributed by atoms with Gasteiger partial charge in [0, 0.05) is 26.2 Å². The summed E-state index contributed by atoms with van der Waals surface area (Å²) < 4.78 is 62.5. The van der Waals surface area contributed by atoms with Crippen molar-refractivity contribution in [3.05, 3.63) is 24.3 Å². The second kappa shape index (κ2) is 10.4. The van der Waals surface area contributed by atoms with Crippen molar-refractivity contribution in [1.82, 2.24) is 14.1 Å². The van der Waals surface area contributed by atoms with Crippen molar-refractivity contribution >= 4 is 26.0 Å². The predicted octanol–water partition coefficient (Wildman–Crippen LogP) is -0.756. The molecule has 2 unspecified atom stereocenters. The fraction of sp³-hybridized carbons (Fsp3) is 0.500. The smallest absolute Gasteiger partial charge is 0.263 e. The molecule has 0 aliphatic carbocycles. The first-order chi connectivity index (χ1) is 14.5. The molecule has 2 atom stereocenters. The maximum Gasteiger partial charge on any atom is 0.263 e. The van der Waals surface area contributed by atoms with Gasteiger partial charge in [-0.25, -0.2) is 22.3 Å². The molecule has 1 saturated heterocycles. The first-order valence-electron chi connectivity index (χ1n) is 9.14. The maximum atomic E-state index is 13.2. The Balaban J connectivity index is 2.26. The van der Waals surface area contributed by atoms with E-state index in [-0.39, 0.29) is 31.2 Å². The SMILES string of the molecule is COCC#CCOc1ccc(S(=O)(=O)N2CCN(S(C)(=O)=O)C(C)C2C(=O)NO)cc1. The van der Waals surface area contributed by atoms with E-state index in [1.165, 1.54) is 43.8 Å². The van der Waals surface area contributed by atoms with Crippen molar-refractivity contribution in [2.45, 2.75) is 23.9 Å². The lowest BCUT2D eigenvalue weighted by molar-refractivity contribution is -0.135. The lowest BCUT2D eigenvalue weighted by Crippen LogP contribution is -2.65. The highest BCUT2D eigenvalue weighted by Gasteiger charge is 2.47. The summed E-state index contributed by atoms with van der Waals surface area (Å²) in [5.74, 6) is 4.82. The van der Waals surface area contributed by atoms with E-state index in [0.29, 0.717) is 5.75 Å². The number of piperazine rings is 1. The van der Waals surface area contributed by atoms with Crippen LogP contribution in [0.1, 0.15) is 6.92 Å². The van der Waals surface area contributed by atoms with Crippen LogP contribution in [-0.4, -0.2) is 88.3 Å². The number of nitrogens with one attached hydrogen (secondary N) is 1. The topological polar surface area (TPSA) is 143 Å². The van der Waals surface area contributed by atoms with Crippen LogP contribution >= 0.6 is 0 Å². The van der Waals surface area contributed by atoms with Gasteiger partial charge in [-0.15, -0.1) is 0 Å². The summed E-state index contributed by atoms with van der Waals surface area (Å²) in [6.45, 7) is 1.39. The minimum absolute atomic E-state index is 0.0964. The average Bonchev–Trinajstić information content (AvgIpc) is 2.72.